The fourth-order valence-corrected chi connectivity index (χ4v) is 3.78. The Hall–Kier alpha value is -2.15. The summed E-state index contributed by atoms with van der Waals surface area (Å²) in [7, 11) is 3.04. The molecule has 0 bridgehead atoms. The summed E-state index contributed by atoms with van der Waals surface area (Å²) in [6.45, 7) is 1.88. The Balaban J connectivity index is 1.91. The molecule has 0 saturated carbocycles. The summed E-state index contributed by atoms with van der Waals surface area (Å²) in [5.41, 5.74) is 2.28. The van der Waals surface area contributed by atoms with Crippen molar-refractivity contribution < 1.29 is 14.3 Å². The number of nitrogens with one attached hydrogen (secondary N) is 1. The van der Waals surface area contributed by atoms with Crippen molar-refractivity contribution in [3.63, 3.8) is 0 Å². The second-order valence-electron chi connectivity index (χ2n) is 5.60. The summed E-state index contributed by atoms with van der Waals surface area (Å²) in [6.07, 6.45) is 1.72. The molecule has 0 aromatic heterocycles. The number of carbonyl (C=O) groups is 1. The molecule has 1 aliphatic rings. The number of nitrogens with zero attached hydrogens (tertiary/aromatic N) is 1. The molecule has 0 atom stereocenters. The van der Waals surface area contributed by atoms with Crippen LogP contribution in [0.5, 0.6) is 11.5 Å². The third kappa shape index (κ3) is 4.24. The van der Waals surface area contributed by atoms with Gasteiger partial charge in [-0.05, 0) is 60.2 Å². The van der Waals surface area contributed by atoms with Gasteiger partial charge in [-0.3, -0.25) is 4.79 Å². The fraction of sp³-hybridized carbons (Fsp3) is 0.158. The van der Waals surface area contributed by atoms with Crippen LogP contribution in [0, 0.1) is 6.92 Å². The highest BCUT2D eigenvalue weighted by Crippen LogP contribution is 2.38. The van der Waals surface area contributed by atoms with Gasteiger partial charge < -0.3 is 14.8 Å². The van der Waals surface area contributed by atoms with Gasteiger partial charge in [0.1, 0.15) is 0 Å². The van der Waals surface area contributed by atoms with Crippen LogP contribution in [0.15, 0.2) is 40.2 Å². The number of halogens is 2. The number of hydrogen-bond donors (Lipinski definition) is 1. The van der Waals surface area contributed by atoms with E-state index < -0.39 is 0 Å². The van der Waals surface area contributed by atoms with Crippen molar-refractivity contribution in [2.24, 2.45) is 4.99 Å². The number of rotatable bonds is 4. The van der Waals surface area contributed by atoms with Gasteiger partial charge in [0.15, 0.2) is 16.7 Å². The Morgan fingerprint density at radius 1 is 1.15 bits per heavy atom. The van der Waals surface area contributed by atoms with E-state index in [1.54, 1.807) is 24.3 Å². The van der Waals surface area contributed by atoms with E-state index in [0.717, 1.165) is 11.1 Å². The summed E-state index contributed by atoms with van der Waals surface area (Å²) in [5, 5.41) is 4.27. The normalized spacial score (nSPS) is 16.7. The first-order valence-corrected chi connectivity index (χ1v) is 9.46. The van der Waals surface area contributed by atoms with E-state index in [4.69, 9.17) is 32.7 Å². The maximum Gasteiger partial charge on any atom is 0.264 e. The van der Waals surface area contributed by atoms with Gasteiger partial charge in [-0.2, -0.15) is 0 Å². The molecule has 8 heteroatoms. The van der Waals surface area contributed by atoms with E-state index in [9.17, 15) is 4.79 Å². The van der Waals surface area contributed by atoms with Crippen molar-refractivity contribution in [2.45, 2.75) is 6.92 Å². The molecule has 1 heterocycles. The lowest BCUT2D eigenvalue weighted by Crippen LogP contribution is -2.19. The Morgan fingerprint density at radius 3 is 2.63 bits per heavy atom. The number of carbonyl (C=O) groups excluding carboxylic acids is 1. The quantitative estimate of drug-likeness (QED) is 0.686. The van der Waals surface area contributed by atoms with Gasteiger partial charge in [0.05, 0.1) is 29.8 Å². The average molecular weight is 423 g/mol. The van der Waals surface area contributed by atoms with Crippen LogP contribution in [-0.4, -0.2) is 25.3 Å². The second-order valence-corrected chi connectivity index (χ2v) is 7.45. The zero-order valence-electron chi connectivity index (χ0n) is 14.8. The van der Waals surface area contributed by atoms with Gasteiger partial charge in [0.2, 0.25) is 0 Å². The summed E-state index contributed by atoms with van der Waals surface area (Å²) >= 11 is 13.6. The van der Waals surface area contributed by atoms with Crippen LogP contribution in [-0.2, 0) is 4.79 Å². The van der Waals surface area contributed by atoms with E-state index in [1.165, 1.54) is 26.0 Å². The third-order valence-corrected chi connectivity index (χ3v) is 5.47. The molecule has 140 valence electrons. The third-order valence-electron chi connectivity index (χ3n) is 3.87. The largest absolute Gasteiger partial charge is 0.493 e. The highest BCUT2D eigenvalue weighted by Gasteiger charge is 2.24. The van der Waals surface area contributed by atoms with Crippen LogP contribution >= 0.6 is 35.0 Å². The first-order valence-electron chi connectivity index (χ1n) is 7.89. The molecule has 0 radical (unpaired) electrons. The smallest absolute Gasteiger partial charge is 0.264 e. The van der Waals surface area contributed by atoms with Crippen LogP contribution < -0.4 is 14.8 Å². The van der Waals surface area contributed by atoms with E-state index >= 15 is 0 Å². The molecule has 0 aliphatic carbocycles. The highest BCUT2D eigenvalue weighted by atomic mass is 35.5. The minimum absolute atomic E-state index is 0.232. The standard InChI is InChI=1S/C19H16Cl2N2O3S/c1-10-12(20)5-4-6-14(10)22-19-23-18(24)16(27-19)9-11-7-13(21)17(26-3)15(8-11)25-2/h4-9H,1-3H3,(H,22,23,24)/b16-9-. The van der Waals surface area contributed by atoms with E-state index in [0.29, 0.717) is 37.3 Å². The van der Waals surface area contributed by atoms with Gasteiger partial charge in [-0.15, -0.1) is 0 Å². The summed E-state index contributed by atoms with van der Waals surface area (Å²) in [4.78, 5) is 17.3. The van der Waals surface area contributed by atoms with Crippen LogP contribution in [0.1, 0.15) is 11.1 Å². The molecule has 27 heavy (non-hydrogen) atoms. The minimum Gasteiger partial charge on any atom is -0.493 e. The zero-order chi connectivity index (χ0) is 19.6. The monoisotopic (exact) mass is 422 g/mol. The number of thioether (sulfide) groups is 1. The predicted molar refractivity (Wildman–Crippen MR) is 112 cm³/mol. The van der Waals surface area contributed by atoms with Crippen LogP contribution in [0.4, 0.5) is 5.69 Å². The molecule has 1 amide bonds. The number of aliphatic imine (C=N–C) groups is 1. The van der Waals surface area contributed by atoms with Crippen molar-refractivity contribution in [3.05, 3.63) is 56.4 Å². The predicted octanol–water partition coefficient (Wildman–Crippen LogP) is 5.21. The van der Waals surface area contributed by atoms with Gasteiger partial charge in [0.25, 0.3) is 5.91 Å². The Labute approximate surface area is 171 Å². The van der Waals surface area contributed by atoms with Crippen molar-refractivity contribution >= 4 is 57.8 Å². The maximum absolute atomic E-state index is 12.3. The number of methoxy groups -OCH3 is 2. The van der Waals surface area contributed by atoms with Crippen molar-refractivity contribution in [1.29, 1.82) is 0 Å². The molecule has 0 spiro atoms. The molecule has 2 aromatic rings. The molecule has 1 aliphatic heterocycles. The molecule has 0 unspecified atom stereocenters. The molecular weight excluding hydrogens is 407 g/mol. The number of benzene rings is 2. The van der Waals surface area contributed by atoms with Crippen LogP contribution in [0.2, 0.25) is 10.0 Å². The van der Waals surface area contributed by atoms with Gasteiger partial charge in [0, 0.05) is 5.02 Å². The van der Waals surface area contributed by atoms with Crippen molar-refractivity contribution in [3.8, 4) is 11.5 Å². The van der Waals surface area contributed by atoms with Crippen LogP contribution in [0.3, 0.4) is 0 Å². The first kappa shape index (κ1) is 19.6. The number of amidine groups is 1. The molecule has 1 N–H and O–H groups in total. The second kappa shape index (κ2) is 8.25. The zero-order valence-corrected chi connectivity index (χ0v) is 17.1. The van der Waals surface area contributed by atoms with Crippen molar-refractivity contribution in [1.82, 2.24) is 5.32 Å². The Bertz CT molecular complexity index is 974. The van der Waals surface area contributed by atoms with Crippen molar-refractivity contribution in [2.75, 3.05) is 14.2 Å². The highest BCUT2D eigenvalue weighted by molar-refractivity contribution is 8.18. The molecule has 2 aromatic carbocycles. The summed E-state index contributed by atoms with van der Waals surface area (Å²) < 4.78 is 10.5. The lowest BCUT2D eigenvalue weighted by atomic mass is 10.2. The topological polar surface area (TPSA) is 59.9 Å². The van der Waals surface area contributed by atoms with Crippen LogP contribution in [0.25, 0.3) is 6.08 Å². The number of ether oxygens (including phenoxy) is 2. The summed E-state index contributed by atoms with van der Waals surface area (Å²) in [5.74, 6) is 0.705. The minimum atomic E-state index is -0.232. The number of hydrogen-bond acceptors (Lipinski definition) is 5. The summed E-state index contributed by atoms with van der Waals surface area (Å²) in [6, 6.07) is 8.92. The van der Waals surface area contributed by atoms with Gasteiger partial charge in [-0.25, -0.2) is 4.99 Å². The molecule has 5 nitrogen and oxygen atoms in total. The fourth-order valence-electron chi connectivity index (χ4n) is 2.48. The molecule has 1 saturated heterocycles. The SMILES string of the molecule is COc1cc(/C=C2\SC(=Nc3cccc(Cl)c3C)NC2=O)cc(Cl)c1OC. The van der Waals surface area contributed by atoms with Gasteiger partial charge in [-0.1, -0.05) is 29.3 Å². The maximum atomic E-state index is 12.3. The molecule has 1 fully saturated rings. The van der Waals surface area contributed by atoms with E-state index in [-0.39, 0.29) is 5.91 Å². The first-order chi connectivity index (χ1) is 12.9. The average Bonchev–Trinajstić information content (AvgIpc) is 2.97. The lowest BCUT2D eigenvalue weighted by molar-refractivity contribution is -0.115. The van der Waals surface area contributed by atoms with Gasteiger partial charge >= 0.3 is 0 Å². The Kier molecular flexibility index (Phi) is 5.99. The van der Waals surface area contributed by atoms with E-state index in [2.05, 4.69) is 10.3 Å². The Morgan fingerprint density at radius 2 is 1.93 bits per heavy atom. The lowest BCUT2D eigenvalue weighted by Gasteiger charge is -2.10. The van der Waals surface area contributed by atoms with E-state index in [1.807, 2.05) is 19.1 Å². The number of amides is 1. The molecule has 3 rings (SSSR count). The molecular formula is C19H16Cl2N2O3S.